The third kappa shape index (κ3) is 3.07. The van der Waals surface area contributed by atoms with Crippen molar-refractivity contribution in [1.29, 1.82) is 0 Å². The normalized spacial score (nSPS) is 23.3. The predicted molar refractivity (Wildman–Crippen MR) is 73.6 cm³/mol. The van der Waals surface area contributed by atoms with Crippen molar-refractivity contribution in [3.05, 3.63) is 29.3 Å². The summed E-state index contributed by atoms with van der Waals surface area (Å²) in [6.07, 6.45) is 0.167. The number of hydrogen-bond donors (Lipinski definition) is 0. The highest BCUT2D eigenvalue weighted by atomic mass is 16.5. The van der Waals surface area contributed by atoms with E-state index in [9.17, 15) is 4.79 Å². The van der Waals surface area contributed by atoms with Gasteiger partial charge in [0.15, 0.2) is 0 Å². The highest BCUT2D eigenvalue weighted by Crippen LogP contribution is 2.21. The molecule has 2 atom stereocenters. The molecule has 4 heteroatoms. The van der Waals surface area contributed by atoms with Crippen molar-refractivity contribution >= 4 is 5.91 Å². The van der Waals surface area contributed by atoms with Gasteiger partial charge in [-0.25, -0.2) is 0 Å². The zero-order valence-corrected chi connectivity index (χ0v) is 12.0. The van der Waals surface area contributed by atoms with Crippen LogP contribution >= 0.6 is 0 Å². The molecular formula is C15H21NO3. The maximum atomic E-state index is 12.5. The second-order valence-electron chi connectivity index (χ2n) is 5.15. The Balaban J connectivity index is 2.19. The molecule has 0 radical (unpaired) electrons. The number of amides is 1. The summed E-state index contributed by atoms with van der Waals surface area (Å²) in [4.78, 5) is 14.3. The van der Waals surface area contributed by atoms with Crippen LogP contribution in [0.3, 0.4) is 0 Å². The summed E-state index contributed by atoms with van der Waals surface area (Å²) in [5.41, 5.74) is 1.70. The molecule has 0 aromatic heterocycles. The van der Waals surface area contributed by atoms with Gasteiger partial charge in [0.05, 0.1) is 19.3 Å². The summed E-state index contributed by atoms with van der Waals surface area (Å²) in [7, 11) is 1.62. The number of rotatable bonds is 2. The number of methoxy groups -OCH3 is 1. The molecule has 1 fully saturated rings. The minimum atomic E-state index is 0.0419. The van der Waals surface area contributed by atoms with Crippen LogP contribution in [-0.4, -0.2) is 43.2 Å². The molecule has 0 saturated carbocycles. The fraction of sp³-hybridized carbons (Fsp3) is 0.533. The van der Waals surface area contributed by atoms with Crippen molar-refractivity contribution in [2.75, 3.05) is 20.2 Å². The molecule has 4 nitrogen and oxygen atoms in total. The van der Waals surface area contributed by atoms with Crippen LogP contribution in [0, 0.1) is 6.92 Å². The van der Waals surface area contributed by atoms with Crippen molar-refractivity contribution in [2.45, 2.75) is 33.0 Å². The molecule has 1 aromatic carbocycles. The molecule has 1 aromatic rings. The number of ether oxygens (including phenoxy) is 2. The summed E-state index contributed by atoms with van der Waals surface area (Å²) < 4.78 is 10.9. The third-order valence-corrected chi connectivity index (χ3v) is 3.36. The van der Waals surface area contributed by atoms with Crippen molar-refractivity contribution < 1.29 is 14.3 Å². The van der Waals surface area contributed by atoms with Gasteiger partial charge >= 0.3 is 0 Å². The van der Waals surface area contributed by atoms with Gasteiger partial charge < -0.3 is 14.4 Å². The summed E-state index contributed by atoms with van der Waals surface area (Å²) in [6.45, 7) is 7.22. The quantitative estimate of drug-likeness (QED) is 0.821. The van der Waals surface area contributed by atoms with E-state index in [4.69, 9.17) is 9.47 Å². The van der Waals surface area contributed by atoms with Crippen LogP contribution in [0.25, 0.3) is 0 Å². The van der Waals surface area contributed by atoms with Crippen molar-refractivity contribution in [3.8, 4) is 5.75 Å². The highest BCUT2D eigenvalue weighted by Gasteiger charge is 2.26. The summed E-state index contributed by atoms with van der Waals surface area (Å²) in [6, 6.07) is 5.58. The Labute approximate surface area is 114 Å². The lowest BCUT2D eigenvalue weighted by atomic mass is 10.1. The number of carbonyl (C=O) groups excluding carboxylic acids is 1. The lowest BCUT2D eigenvalue weighted by molar-refractivity contribution is -0.0586. The molecule has 19 heavy (non-hydrogen) atoms. The molecule has 1 amide bonds. The molecule has 1 aliphatic rings. The topological polar surface area (TPSA) is 38.8 Å². The van der Waals surface area contributed by atoms with Gasteiger partial charge in [0.2, 0.25) is 0 Å². The summed E-state index contributed by atoms with van der Waals surface area (Å²) >= 11 is 0. The fourth-order valence-electron chi connectivity index (χ4n) is 2.48. The first-order valence-corrected chi connectivity index (χ1v) is 6.60. The van der Waals surface area contributed by atoms with Crippen LogP contribution in [0.1, 0.15) is 29.8 Å². The highest BCUT2D eigenvalue weighted by molar-refractivity contribution is 5.94. The Hall–Kier alpha value is -1.55. The van der Waals surface area contributed by atoms with Crippen LogP contribution in [-0.2, 0) is 4.74 Å². The Morgan fingerprint density at radius 3 is 2.53 bits per heavy atom. The van der Waals surface area contributed by atoms with Crippen LogP contribution < -0.4 is 4.74 Å². The van der Waals surface area contributed by atoms with Gasteiger partial charge in [-0.05, 0) is 38.5 Å². The molecule has 1 aliphatic heterocycles. The predicted octanol–water partition coefficient (Wildman–Crippen LogP) is 2.25. The van der Waals surface area contributed by atoms with Crippen molar-refractivity contribution in [3.63, 3.8) is 0 Å². The fourth-order valence-corrected chi connectivity index (χ4v) is 2.48. The standard InChI is InChI=1S/C15H21NO3/c1-10-5-6-13(7-14(10)18-4)15(17)16-8-11(2)19-12(3)9-16/h5-7,11-12H,8-9H2,1-4H3/t11-,12+. The van der Waals surface area contributed by atoms with Crippen LogP contribution in [0.5, 0.6) is 5.75 Å². The van der Waals surface area contributed by atoms with E-state index in [-0.39, 0.29) is 18.1 Å². The van der Waals surface area contributed by atoms with Gasteiger partial charge in [-0.2, -0.15) is 0 Å². The van der Waals surface area contributed by atoms with Crippen molar-refractivity contribution in [2.24, 2.45) is 0 Å². The number of hydrogen-bond acceptors (Lipinski definition) is 3. The van der Waals surface area contributed by atoms with Gasteiger partial charge in [-0.15, -0.1) is 0 Å². The molecule has 1 saturated heterocycles. The smallest absolute Gasteiger partial charge is 0.254 e. The maximum absolute atomic E-state index is 12.5. The first kappa shape index (κ1) is 13.9. The van der Waals surface area contributed by atoms with E-state index >= 15 is 0 Å². The van der Waals surface area contributed by atoms with Crippen LogP contribution in [0.4, 0.5) is 0 Å². The number of carbonyl (C=O) groups is 1. The largest absolute Gasteiger partial charge is 0.496 e. The van der Waals surface area contributed by atoms with E-state index in [2.05, 4.69) is 0 Å². The Morgan fingerprint density at radius 2 is 1.95 bits per heavy atom. The van der Waals surface area contributed by atoms with E-state index in [1.54, 1.807) is 7.11 Å². The molecule has 0 aliphatic carbocycles. The summed E-state index contributed by atoms with van der Waals surface area (Å²) in [5, 5.41) is 0. The average Bonchev–Trinajstić information content (AvgIpc) is 2.37. The van der Waals surface area contributed by atoms with Gasteiger partial charge in [-0.1, -0.05) is 6.07 Å². The third-order valence-electron chi connectivity index (χ3n) is 3.36. The zero-order chi connectivity index (χ0) is 14.0. The van der Waals surface area contributed by atoms with Gasteiger partial charge in [0.25, 0.3) is 5.91 Å². The Bertz CT molecular complexity index is 462. The van der Waals surface area contributed by atoms with Crippen LogP contribution in [0.15, 0.2) is 18.2 Å². The SMILES string of the molecule is COc1cc(C(=O)N2C[C@@H](C)O[C@@H](C)C2)ccc1C. The molecule has 0 spiro atoms. The molecule has 0 unspecified atom stereocenters. The molecule has 0 bridgehead atoms. The van der Waals surface area contributed by atoms with Gasteiger partial charge in [0, 0.05) is 18.7 Å². The van der Waals surface area contributed by atoms with E-state index in [1.807, 2.05) is 43.9 Å². The van der Waals surface area contributed by atoms with Crippen molar-refractivity contribution in [1.82, 2.24) is 4.90 Å². The average molecular weight is 263 g/mol. The minimum Gasteiger partial charge on any atom is -0.496 e. The molecule has 104 valence electrons. The summed E-state index contributed by atoms with van der Waals surface area (Å²) in [5.74, 6) is 0.792. The lowest BCUT2D eigenvalue weighted by Crippen LogP contribution is -2.48. The van der Waals surface area contributed by atoms with E-state index in [1.165, 1.54) is 0 Å². The molecule has 1 heterocycles. The Kier molecular flexibility index (Phi) is 4.10. The first-order chi connectivity index (χ1) is 9.01. The number of morpholine rings is 1. The number of aryl methyl sites for hydroxylation is 1. The number of benzene rings is 1. The van der Waals surface area contributed by atoms with E-state index in [0.29, 0.717) is 18.7 Å². The first-order valence-electron chi connectivity index (χ1n) is 6.60. The second-order valence-corrected chi connectivity index (χ2v) is 5.15. The van der Waals surface area contributed by atoms with E-state index in [0.717, 1.165) is 11.3 Å². The minimum absolute atomic E-state index is 0.0419. The lowest BCUT2D eigenvalue weighted by Gasteiger charge is -2.35. The number of nitrogens with zero attached hydrogens (tertiary/aromatic N) is 1. The second kappa shape index (κ2) is 5.61. The van der Waals surface area contributed by atoms with Gasteiger partial charge in [-0.3, -0.25) is 4.79 Å². The molecular weight excluding hydrogens is 242 g/mol. The maximum Gasteiger partial charge on any atom is 0.254 e. The van der Waals surface area contributed by atoms with Gasteiger partial charge in [0.1, 0.15) is 5.75 Å². The Morgan fingerprint density at radius 1 is 1.32 bits per heavy atom. The van der Waals surface area contributed by atoms with Crippen LogP contribution in [0.2, 0.25) is 0 Å². The molecule has 2 rings (SSSR count). The molecule has 0 N–H and O–H groups in total. The van der Waals surface area contributed by atoms with E-state index < -0.39 is 0 Å². The monoisotopic (exact) mass is 263 g/mol. The zero-order valence-electron chi connectivity index (χ0n) is 12.0.